The average molecular weight is 900 g/mol. The van der Waals surface area contributed by atoms with Crippen molar-refractivity contribution in [2.75, 3.05) is 45.6 Å². The monoisotopic (exact) mass is 899 g/mol. The number of likely N-dealkylation sites (N-methyl/N-ethyl adjacent to an activating group) is 1. The summed E-state index contributed by atoms with van der Waals surface area (Å²) in [6.07, 6.45) is -0.400. The normalized spacial score (nSPS) is 16.9. The summed E-state index contributed by atoms with van der Waals surface area (Å²) in [5.74, 6) is -3.17. The van der Waals surface area contributed by atoms with Crippen molar-refractivity contribution in [2.24, 2.45) is 29.0 Å². The summed E-state index contributed by atoms with van der Waals surface area (Å²) in [7, 11) is 1.50. The number of carbonyl (C=O) groups is 5. The number of carbonyl (C=O) groups excluding carboxylic acids is 5. The van der Waals surface area contributed by atoms with Gasteiger partial charge < -0.3 is 42.6 Å². The van der Waals surface area contributed by atoms with Crippen LogP contribution in [-0.4, -0.2) is 80.0 Å². The number of rotatable bonds is 17. The highest BCUT2D eigenvalue weighted by Crippen LogP contribution is 2.41. The van der Waals surface area contributed by atoms with E-state index in [4.69, 9.17) is 32.4 Å². The number of fused-ring (bicyclic) bond motifs is 5. The zero-order valence-electron chi connectivity index (χ0n) is 39.1. The second-order valence-corrected chi connectivity index (χ2v) is 18.2. The maximum absolute atomic E-state index is 14.8. The molecule has 9 N–H and O–H groups in total. The molecule has 66 heavy (non-hydrogen) atoms. The number of aryl methyl sites for hydroxylation is 1. The van der Waals surface area contributed by atoms with Gasteiger partial charge in [0.05, 0.1) is 12.1 Å². The lowest BCUT2D eigenvalue weighted by Gasteiger charge is -2.32. The first-order valence-corrected chi connectivity index (χ1v) is 22.6. The van der Waals surface area contributed by atoms with E-state index < -0.39 is 41.5 Å². The summed E-state index contributed by atoms with van der Waals surface area (Å²) >= 11 is 0. The highest BCUT2D eigenvalue weighted by Gasteiger charge is 2.36. The molecule has 4 bridgehead atoms. The van der Waals surface area contributed by atoms with Crippen LogP contribution >= 0.6 is 0 Å². The lowest BCUT2D eigenvalue weighted by Crippen LogP contribution is -2.46. The number of ether oxygens (including phenoxy) is 2. The molecule has 0 radical (unpaired) electrons. The number of hydrogen-bond donors (Lipinski definition) is 5. The molecule has 350 valence electrons. The number of nitrogens with zero attached hydrogens (tertiary/aromatic N) is 2. The van der Waals surface area contributed by atoms with Gasteiger partial charge in [-0.3, -0.25) is 24.0 Å². The van der Waals surface area contributed by atoms with E-state index >= 15 is 0 Å². The van der Waals surface area contributed by atoms with Crippen molar-refractivity contribution in [3.63, 3.8) is 0 Å². The van der Waals surface area contributed by atoms with Crippen LogP contribution in [0.3, 0.4) is 0 Å². The number of nitrogens with two attached hydrogens (primary N) is 4. The summed E-state index contributed by atoms with van der Waals surface area (Å²) in [6.45, 7) is 10.7. The molecule has 14 heteroatoms. The maximum Gasteiger partial charge on any atom is 0.226 e. The highest BCUT2D eigenvalue weighted by molar-refractivity contribution is 6.05. The number of nitriles is 1. The van der Waals surface area contributed by atoms with Gasteiger partial charge in [-0.05, 0) is 95.4 Å². The van der Waals surface area contributed by atoms with Crippen molar-refractivity contribution in [2.45, 2.75) is 90.6 Å². The van der Waals surface area contributed by atoms with Gasteiger partial charge in [-0.25, -0.2) is 0 Å². The standard InChI is InChI=1S/C52H65N7O7/c1-31-24-37(34-10-13-38(14-11-34)52(3,4)5)29-41(57)48(31)44(61)30-36(17-19-54)51(64)59(6)49-35-12-16-47(66-23-21-56)40(28-35)39-26-33(9-15-46(39)65-22-20-55)27-42(43(60)8-7-18-53)58-50(63)32(2)25-45(49)62/h9-16,24,26,28-29,32,36,42,49H,7-8,17,19-23,25,27,30,54-57H2,1-6H3,(H,58,63)/t32-,36-,42+,49+/m1/s1. The summed E-state index contributed by atoms with van der Waals surface area (Å²) in [4.78, 5) is 72.4. The third-order valence-corrected chi connectivity index (χ3v) is 12.1. The van der Waals surface area contributed by atoms with E-state index in [9.17, 15) is 29.2 Å². The zero-order valence-corrected chi connectivity index (χ0v) is 39.1. The van der Waals surface area contributed by atoms with Crippen LogP contribution in [0.15, 0.2) is 72.8 Å². The number of ketones is 3. The molecule has 0 aliphatic carbocycles. The third-order valence-electron chi connectivity index (χ3n) is 12.1. The topological polar surface area (TPSA) is 247 Å². The second kappa shape index (κ2) is 22.7. The summed E-state index contributed by atoms with van der Waals surface area (Å²) in [5, 5.41) is 12.1. The molecule has 0 spiro atoms. The number of amides is 2. The Kier molecular flexibility index (Phi) is 17.4. The maximum atomic E-state index is 14.8. The van der Waals surface area contributed by atoms with Crippen LogP contribution in [0.5, 0.6) is 11.5 Å². The first-order valence-electron chi connectivity index (χ1n) is 22.6. The van der Waals surface area contributed by atoms with E-state index in [-0.39, 0.29) is 94.0 Å². The van der Waals surface area contributed by atoms with Crippen LogP contribution in [0.25, 0.3) is 22.3 Å². The molecule has 1 heterocycles. The molecular formula is C52H65N7O7. The Morgan fingerprint density at radius 3 is 2.09 bits per heavy atom. The molecule has 4 aromatic rings. The Labute approximate surface area is 388 Å². The molecule has 0 fully saturated rings. The molecule has 0 saturated carbocycles. The first-order chi connectivity index (χ1) is 31.4. The van der Waals surface area contributed by atoms with Gasteiger partial charge in [0, 0.05) is 80.0 Å². The van der Waals surface area contributed by atoms with E-state index in [0.29, 0.717) is 44.9 Å². The van der Waals surface area contributed by atoms with E-state index in [0.717, 1.165) is 11.1 Å². The van der Waals surface area contributed by atoms with E-state index in [1.807, 2.05) is 37.3 Å². The Morgan fingerprint density at radius 2 is 1.50 bits per heavy atom. The fourth-order valence-corrected chi connectivity index (χ4v) is 8.49. The Bertz CT molecular complexity index is 2430. The van der Waals surface area contributed by atoms with Gasteiger partial charge in [0.1, 0.15) is 30.8 Å². The van der Waals surface area contributed by atoms with Gasteiger partial charge in [-0.15, -0.1) is 0 Å². The fourth-order valence-electron chi connectivity index (χ4n) is 8.49. The molecule has 5 rings (SSSR count). The summed E-state index contributed by atoms with van der Waals surface area (Å²) < 4.78 is 12.3. The van der Waals surface area contributed by atoms with Crippen LogP contribution in [-0.2, 0) is 31.0 Å². The van der Waals surface area contributed by atoms with Crippen LogP contribution in [0.4, 0.5) is 5.69 Å². The summed E-state index contributed by atoms with van der Waals surface area (Å²) in [5.41, 5.74) is 30.8. The van der Waals surface area contributed by atoms with Gasteiger partial charge in [-0.2, -0.15) is 5.26 Å². The highest BCUT2D eigenvalue weighted by atomic mass is 16.5. The predicted octanol–water partition coefficient (Wildman–Crippen LogP) is 6.13. The van der Waals surface area contributed by atoms with Crippen molar-refractivity contribution >= 4 is 34.9 Å². The molecule has 1 aliphatic rings. The number of hydrogen-bond acceptors (Lipinski definition) is 12. The predicted molar refractivity (Wildman–Crippen MR) is 257 cm³/mol. The fraction of sp³-hybridized carbons (Fsp3) is 0.423. The number of Topliss-reactive ketones (excluding diaryl/α,β-unsaturated/α-hetero) is 3. The zero-order chi connectivity index (χ0) is 48.3. The van der Waals surface area contributed by atoms with Gasteiger partial charge >= 0.3 is 0 Å². The van der Waals surface area contributed by atoms with Crippen LogP contribution in [0.1, 0.15) is 98.5 Å². The molecule has 0 saturated heterocycles. The van der Waals surface area contributed by atoms with Crippen LogP contribution in [0.2, 0.25) is 0 Å². The number of anilines is 1. The smallest absolute Gasteiger partial charge is 0.226 e. The molecule has 1 aliphatic heterocycles. The second-order valence-electron chi connectivity index (χ2n) is 18.2. The minimum Gasteiger partial charge on any atom is -0.492 e. The number of nitrogen functional groups attached to an aromatic ring is 1. The van der Waals surface area contributed by atoms with Crippen molar-refractivity contribution in [1.29, 1.82) is 5.26 Å². The number of nitrogens with one attached hydrogen (secondary N) is 1. The van der Waals surface area contributed by atoms with Gasteiger partial charge in [-0.1, -0.05) is 70.2 Å². The largest absolute Gasteiger partial charge is 0.492 e. The lowest BCUT2D eigenvalue weighted by molar-refractivity contribution is -0.142. The summed E-state index contributed by atoms with van der Waals surface area (Å²) in [6, 6.07) is 22.2. The number of benzene rings is 4. The minimum absolute atomic E-state index is 0.0143. The van der Waals surface area contributed by atoms with Gasteiger partial charge in [0.25, 0.3) is 0 Å². The molecule has 0 unspecified atom stereocenters. The minimum atomic E-state index is -1.24. The van der Waals surface area contributed by atoms with Crippen molar-refractivity contribution < 1.29 is 33.4 Å². The molecule has 4 atom stereocenters. The lowest BCUT2D eigenvalue weighted by atomic mass is 9.85. The average Bonchev–Trinajstić information content (AvgIpc) is 3.28. The van der Waals surface area contributed by atoms with Crippen molar-refractivity contribution in [3.05, 3.63) is 101 Å². The van der Waals surface area contributed by atoms with Crippen LogP contribution in [0, 0.1) is 30.1 Å². The quantitative estimate of drug-likeness (QED) is 0.0594. The van der Waals surface area contributed by atoms with Gasteiger partial charge in [0.2, 0.25) is 11.8 Å². The Hall–Kier alpha value is -6.40. The van der Waals surface area contributed by atoms with Crippen molar-refractivity contribution in [3.8, 4) is 39.8 Å². The molecule has 4 aromatic carbocycles. The molecule has 2 amide bonds. The van der Waals surface area contributed by atoms with E-state index in [2.05, 4.69) is 38.2 Å². The Balaban J connectivity index is 1.57. The van der Waals surface area contributed by atoms with E-state index in [1.54, 1.807) is 43.3 Å². The van der Waals surface area contributed by atoms with Crippen molar-refractivity contribution in [1.82, 2.24) is 10.2 Å². The molecular weight excluding hydrogens is 835 g/mol. The van der Waals surface area contributed by atoms with Gasteiger partial charge in [0.15, 0.2) is 17.3 Å². The molecule has 0 aromatic heterocycles. The third kappa shape index (κ3) is 12.3. The Morgan fingerprint density at radius 1 is 0.864 bits per heavy atom. The van der Waals surface area contributed by atoms with E-state index in [1.165, 1.54) is 17.5 Å². The molecule has 14 nitrogen and oxygen atoms in total. The first kappa shape index (κ1) is 50.6. The van der Waals surface area contributed by atoms with Crippen LogP contribution < -0.4 is 37.7 Å². The SMILES string of the molecule is Cc1cc(-c2ccc(C(C)(C)C)cc2)cc(N)c1C(=O)C[C@@H](CCN)C(=O)N(C)[C@@H]1C(=O)C[C@@H](C)C(=O)N[C@H](C(=O)CCC#N)Cc2ccc(OCCN)c(c2)-c2cc1ccc2OCCN.